The largest absolute Gasteiger partial charge is 0.382 e. The van der Waals surface area contributed by atoms with Crippen LogP contribution in [0.4, 0.5) is 11.4 Å². The highest BCUT2D eigenvalue weighted by Crippen LogP contribution is 2.16. The molecule has 0 aromatic heterocycles. The number of unbranched alkanes of at least 4 members (excludes halogenated alkanes) is 3. The van der Waals surface area contributed by atoms with Gasteiger partial charge in [-0.3, -0.25) is 19.2 Å². The highest BCUT2D eigenvalue weighted by atomic mass is 16.6. The Hall–Kier alpha value is -4.74. The van der Waals surface area contributed by atoms with Crippen LogP contribution in [0.5, 0.6) is 0 Å². The molecule has 0 saturated carbocycles. The second-order valence-corrected chi connectivity index (χ2v) is 13.8. The molecule has 0 aliphatic rings. The lowest BCUT2D eigenvalue weighted by molar-refractivity contribution is -0.119. The van der Waals surface area contributed by atoms with Gasteiger partial charge in [0.1, 0.15) is 0 Å². The van der Waals surface area contributed by atoms with Gasteiger partial charge in [-0.25, -0.2) is 0 Å². The number of carbonyl (C=O) groups excluding carboxylic acids is 4. The lowest BCUT2D eigenvalue weighted by Crippen LogP contribution is -2.21. The number of rotatable bonds is 27. The Morgan fingerprint density at radius 3 is 1.08 bits per heavy atom. The van der Waals surface area contributed by atoms with Gasteiger partial charge in [0.2, 0.25) is 23.6 Å². The Balaban J connectivity index is 0.000000821. The van der Waals surface area contributed by atoms with Gasteiger partial charge < -0.3 is 54.4 Å². The quantitative estimate of drug-likeness (QED) is 0.0630. The van der Waals surface area contributed by atoms with Gasteiger partial charge in [0.15, 0.2) is 0 Å². The van der Waals surface area contributed by atoms with Gasteiger partial charge in [-0.2, -0.15) is 0 Å². The maximum absolute atomic E-state index is 11.0. The maximum atomic E-state index is 11.0. The molecule has 3 aromatic carbocycles. The highest BCUT2D eigenvalue weighted by molar-refractivity contribution is 5.89. The van der Waals surface area contributed by atoms with Crippen molar-refractivity contribution < 1.29 is 52.3 Å². The molecule has 0 aliphatic heterocycles. The normalized spacial score (nSPS) is 10.1. The summed E-state index contributed by atoms with van der Waals surface area (Å²) in [5.74, 6) is -0.0842. The molecule has 0 saturated heterocycles. The summed E-state index contributed by atoms with van der Waals surface area (Å²) >= 11 is 0. The minimum atomic E-state index is -0.0729. The third-order valence-corrected chi connectivity index (χ3v) is 8.03. The number of amides is 4. The Bertz CT molecular complexity index is 1460. The van der Waals surface area contributed by atoms with Crippen LogP contribution in [0.25, 0.3) is 0 Å². The fourth-order valence-electron chi connectivity index (χ4n) is 5.16. The summed E-state index contributed by atoms with van der Waals surface area (Å²) in [7, 11) is 6.69. The summed E-state index contributed by atoms with van der Waals surface area (Å²) in [5, 5.41) is 11.0. The number of nitrogens with one attached hydrogen (secondary N) is 4. The Morgan fingerprint density at radius 2 is 0.774 bits per heavy atom. The van der Waals surface area contributed by atoms with E-state index in [-0.39, 0.29) is 23.6 Å². The second-order valence-electron chi connectivity index (χ2n) is 13.8. The van der Waals surface area contributed by atoms with Gasteiger partial charge in [0.25, 0.3) is 0 Å². The van der Waals surface area contributed by atoms with Crippen LogP contribution < -0.4 is 21.3 Å². The predicted octanol–water partition coefficient (Wildman–Crippen LogP) is 6.32. The standard InChI is InChI=1S/C17H18N2O2.C10H20N2O2.C10H22O5.C10H14O2/c1-12(20)18-16-7-3-14(4-8-16)11-15-5-9-17(10-6-15)19-13(2)21;1-9(13)11-7-5-3-4-6-8-12-10(2)14;1-11-3-5-13-7-9-15-10-8-14-6-4-12-2;1-11-7-9-4-3-5-10(6-9)8-12-2/h3-10H,11H2,1-2H3,(H,18,20)(H,19,21);3-8H2,1-2H3,(H,11,13)(H,12,14);3-10H2,1-2H3;3-6H,7-8H2,1-2H3. The van der Waals surface area contributed by atoms with Gasteiger partial charge in [-0.15, -0.1) is 0 Å². The molecule has 0 bridgehead atoms. The summed E-state index contributed by atoms with van der Waals surface area (Å²) in [6.07, 6.45) is 5.03. The maximum Gasteiger partial charge on any atom is 0.221 e. The third kappa shape index (κ3) is 37.1. The third-order valence-electron chi connectivity index (χ3n) is 8.03. The first-order valence-corrected chi connectivity index (χ1v) is 20.9. The minimum Gasteiger partial charge on any atom is -0.382 e. The molecule has 0 fully saturated rings. The van der Waals surface area contributed by atoms with Crippen molar-refractivity contribution in [1.29, 1.82) is 0 Å². The van der Waals surface area contributed by atoms with Gasteiger partial charge in [-0.1, -0.05) is 61.4 Å². The lowest BCUT2D eigenvalue weighted by Gasteiger charge is -2.06. The van der Waals surface area contributed by atoms with E-state index in [4.69, 9.17) is 33.2 Å². The molecule has 0 spiro atoms. The summed E-state index contributed by atoms with van der Waals surface area (Å²) in [4.78, 5) is 42.9. The SMILES string of the molecule is CC(=O)NCCCCCCNC(C)=O.CC(=O)Nc1ccc(Cc2ccc(NC(C)=O)cc2)cc1.COCCOCCOCCOCCOC.COCc1cccc(COC)c1. The number of anilines is 2. The van der Waals surface area contributed by atoms with Crippen LogP contribution in [0, 0.1) is 0 Å². The molecule has 0 aliphatic carbocycles. The monoisotopic (exact) mass is 871 g/mol. The molecule has 0 atom stereocenters. The Morgan fingerprint density at radius 1 is 0.419 bits per heavy atom. The summed E-state index contributed by atoms with van der Waals surface area (Å²) in [5.41, 5.74) is 6.30. The van der Waals surface area contributed by atoms with E-state index >= 15 is 0 Å². The van der Waals surface area contributed by atoms with Crippen molar-refractivity contribution in [2.45, 2.75) is 73.0 Å². The van der Waals surface area contributed by atoms with Crippen molar-refractivity contribution in [2.75, 3.05) is 105 Å². The van der Waals surface area contributed by atoms with Crippen LogP contribution in [0.3, 0.4) is 0 Å². The van der Waals surface area contributed by atoms with Crippen molar-refractivity contribution in [3.63, 3.8) is 0 Å². The number of hydrogen-bond donors (Lipinski definition) is 4. The van der Waals surface area contributed by atoms with E-state index in [1.54, 1.807) is 28.4 Å². The molecular weight excluding hydrogens is 797 g/mol. The van der Waals surface area contributed by atoms with Crippen LogP contribution in [0.15, 0.2) is 72.8 Å². The first-order valence-electron chi connectivity index (χ1n) is 20.9. The van der Waals surface area contributed by atoms with Gasteiger partial charge in [0.05, 0.1) is 66.1 Å². The van der Waals surface area contributed by atoms with Crippen molar-refractivity contribution >= 4 is 35.0 Å². The number of ether oxygens (including phenoxy) is 7. The molecule has 348 valence electrons. The van der Waals surface area contributed by atoms with Gasteiger partial charge >= 0.3 is 0 Å². The summed E-state index contributed by atoms with van der Waals surface area (Å²) < 4.78 is 35.4. The molecule has 0 radical (unpaired) electrons. The van der Waals surface area contributed by atoms with Crippen LogP contribution >= 0.6 is 0 Å². The molecule has 4 amide bonds. The van der Waals surface area contributed by atoms with E-state index in [1.165, 1.54) is 38.8 Å². The zero-order valence-electron chi connectivity index (χ0n) is 38.4. The molecule has 3 rings (SSSR count). The van der Waals surface area contributed by atoms with Gasteiger partial charge in [-0.05, 0) is 65.8 Å². The smallest absolute Gasteiger partial charge is 0.221 e. The summed E-state index contributed by atoms with van der Waals surface area (Å²) in [6, 6.07) is 23.7. The molecule has 15 nitrogen and oxygen atoms in total. The lowest BCUT2D eigenvalue weighted by atomic mass is 10.0. The molecule has 62 heavy (non-hydrogen) atoms. The van der Waals surface area contributed by atoms with E-state index in [9.17, 15) is 19.2 Å². The van der Waals surface area contributed by atoms with Crippen LogP contribution in [0.2, 0.25) is 0 Å². The fourth-order valence-corrected chi connectivity index (χ4v) is 5.16. The van der Waals surface area contributed by atoms with E-state index in [0.29, 0.717) is 66.1 Å². The van der Waals surface area contributed by atoms with Crippen molar-refractivity contribution in [3.8, 4) is 0 Å². The minimum absolute atomic E-state index is 0.0308. The first-order chi connectivity index (χ1) is 29.9. The average molecular weight is 871 g/mol. The van der Waals surface area contributed by atoms with Gasteiger partial charge in [0, 0.05) is 80.6 Å². The molecule has 4 N–H and O–H groups in total. The summed E-state index contributed by atoms with van der Waals surface area (Å²) in [6.45, 7) is 13.7. The highest BCUT2D eigenvalue weighted by Gasteiger charge is 2.01. The Labute approximate surface area is 370 Å². The van der Waals surface area contributed by atoms with E-state index < -0.39 is 0 Å². The van der Waals surface area contributed by atoms with E-state index in [0.717, 1.165) is 67.7 Å². The Kier molecular flexibility index (Phi) is 37.3. The van der Waals surface area contributed by atoms with E-state index in [2.05, 4.69) is 27.3 Å². The predicted molar refractivity (Wildman–Crippen MR) is 244 cm³/mol. The van der Waals surface area contributed by atoms with Crippen LogP contribution in [0.1, 0.15) is 75.6 Å². The molecular formula is C47H74N4O11. The first kappa shape index (κ1) is 57.3. The second kappa shape index (κ2) is 40.3. The molecule has 0 heterocycles. The zero-order valence-corrected chi connectivity index (χ0v) is 38.4. The fraction of sp³-hybridized carbons (Fsp3) is 0.532. The molecule has 15 heteroatoms. The van der Waals surface area contributed by atoms with Crippen LogP contribution in [-0.4, -0.2) is 118 Å². The number of carbonyl (C=O) groups is 4. The zero-order chi connectivity index (χ0) is 46.1. The van der Waals surface area contributed by atoms with Crippen molar-refractivity contribution in [2.24, 2.45) is 0 Å². The molecule has 0 unspecified atom stereocenters. The molecule has 3 aromatic rings. The topological polar surface area (TPSA) is 181 Å². The number of methoxy groups -OCH3 is 4. The van der Waals surface area contributed by atoms with E-state index in [1.807, 2.05) is 66.7 Å². The van der Waals surface area contributed by atoms with Crippen LogP contribution in [-0.2, 0) is 72.0 Å². The number of hydrogen-bond acceptors (Lipinski definition) is 11. The average Bonchev–Trinajstić information content (AvgIpc) is 3.23. The number of benzene rings is 3. The van der Waals surface area contributed by atoms with Crippen molar-refractivity contribution in [3.05, 3.63) is 95.1 Å². The van der Waals surface area contributed by atoms with Crippen molar-refractivity contribution in [1.82, 2.24) is 10.6 Å².